The molecule has 2 aromatic carbocycles. The molecule has 1 saturated heterocycles. The van der Waals surface area contributed by atoms with Crippen LogP contribution in [-0.2, 0) is 9.47 Å². The number of methoxy groups -OCH3 is 1. The summed E-state index contributed by atoms with van der Waals surface area (Å²) >= 11 is 0. The molecule has 0 spiro atoms. The minimum atomic E-state index is -0.847. The summed E-state index contributed by atoms with van der Waals surface area (Å²) in [7, 11) is 1.52. The van der Waals surface area contributed by atoms with Crippen LogP contribution >= 0.6 is 0 Å². The van der Waals surface area contributed by atoms with Crippen LogP contribution in [0.2, 0.25) is 0 Å². The topological polar surface area (TPSA) is 138 Å². The molecule has 12 nitrogen and oxygen atoms in total. The molecule has 1 N–H and O–H groups in total. The molecule has 0 atom stereocenters. The molecule has 0 aliphatic carbocycles. The van der Waals surface area contributed by atoms with E-state index in [1.54, 1.807) is 57.2 Å². The zero-order valence-corrected chi connectivity index (χ0v) is 21.6. The molecule has 0 bridgehead atoms. The molecule has 4 rings (SSSR count). The lowest BCUT2D eigenvalue weighted by atomic mass is 10.1. The van der Waals surface area contributed by atoms with E-state index >= 15 is 0 Å². The molecule has 0 radical (unpaired) electrons. The van der Waals surface area contributed by atoms with E-state index in [0.29, 0.717) is 43.3 Å². The highest BCUT2D eigenvalue weighted by molar-refractivity contribution is 5.85. The average molecular weight is 524 g/mol. The minimum Gasteiger partial charge on any atom is -0.497 e. The van der Waals surface area contributed by atoms with Crippen LogP contribution < -0.4 is 20.5 Å². The third-order valence-electron chi connectivity index (χ3n) is 5.67. The molecule has 200 valence electrons. The van der Waals surface area contributed by atoms with Crippen LogP contribution in [0.1, 0.15) is 20.8 Å². The molecule has 0 unspecified atom stereocenters. The predicted octanol–water partition coefficient (Wildman–Crippen LogP) is 4.00. The number of nitrogens with one attached hydrogen (secondary N) is 1. The first kappa shape index (κ1) is 26.6. The van der Waals surface area contributed by atoms with Gasteiger partial charge in [-0.1, -0.05) is 12.1 Å². The predicted molar refractivity (Wildman–Crippen MR) is 141 cm³/mol. The normalized spacial score (nSPS) is 13.6. The number of amides is 1. The third kappa shape index (κ3) is 6.09. The van der Waals surface area contributed by atoms with Gasteiger partial charge in [-0.15, -0.1) is 0 Å². The quantitative estimate of drug-likeness (QED) is 0.375. The number of nitro groups is 1. The summed E-state index contributed by atoms with van der Waals surface area (Å²) in [6.07, 6.45) is -0.847. The Hall–Kier alpha value is -4.45. The van der Waals surface area contributed by atoms with Crippen LogP contribution in [0.5, 0.6) is 5.75 Å². The van der Waals surface area contributed by atoms with Gasteiger partial charge in [0.1, 0.15) is 22.7 Å². The van der Waals surface area contributed by atoms with Gasteiger partial charge < -0.3 is 19.1 Å². The molecule has 0 saturated carbocycles. The fourth-order valence-corrected chi connectivity index (χ4v) is 3.94. The zero-order chi connectivity index (χ0) is 27.4. The van der Waals surface area contributed by atoms with Gasteiger partial charge in [-0.05, 0) is 51.1 Å². The SMILES string of the molecule is COc1cccc(-c2cc(NC(=O)OC(C)(C)C)c(=O)n(-c3cc(N4CCOCC4)ccc3[N+](=O)[O-])n2)c1. The van der Waals surface area contributed by atoms with Gasteiger partial charge in [-0.25, -0.2) is 4.79 Å². The molecule has 38 heavy (non-hydrogen) atoms. The Morgan fingerprint density at radius 3 is 2.53 bits per heavy atom. The Balaban J connectivity index is 1.90. The summed E-state index contributed by atoms with van der Waals surface area (Å²) in [6.45, 7) is 7.29. The van der Waals surface area contributed by atoms with Crippen molar-refractivity contribution in [3.05, 3.63) is 69.0 Å². The maximum atomic E-state index is 13.6. The Kier molecular flexibility index (Phi) is 7.62. The second-order valence-corrected chi connectivity index (χ2v) is 9.55. The van der Waals surface area contributed by atoms with Crippen molar-refractivity contribution < 1.29 is 23.9 Å². The second kappa shape index (κ2) is 10.9. The van der Waals surface area contributed by atoms with E-state index in [4.69, 9.17) is 14.2 Å². The molecule has 1 fully saturated rings. The summed E-state index contributed by atoms with van der Waals surface area (Å²) in [5.74, 6) is 0.545. The fourth-order valence-electron chi connectivity index (χ4n) is 3.94. The van der Waals surface area contributed by atoms with Gasteiger partial charge in [0.05, 0.1) is 30.9 Å². The average Bonchev–Trinajstić information content (AvgIpc) is 2.89. The number of rotatable bonds is 6. The number of anilines is 2. The van der Waals surface area contributed by atoms with Crippen molar-refractivity contribution >= 4 is 23.2 Å². The lowest BCUT2D eigenvalue weighted by Gasteiger charge is -2.29. The number of hydrogen-bond donors (Lipinski definition) is 1. The second-order valence-electron chi connectivity index (χ2n) is 9.55. The van der Waals surface area contributed by atoms with E-state index in [-0.39, 0.29) is 22.8 Å². The van der Waals surface area contributed by atoms with Crippen LogP contribution in [0.4, 0.5) is 21.9 Å². The van der Waals surface area contributed by atoms with Crippen LogP contribution in [0, 0.1) is 10.1 Å². The monoisotopic (exact) mass is 523 g/mol. The Morgan fingerprint density at radius 2 is 1.87 bits per heavy atom. The van der Waals surface area contributed by atoms with Gasteiger partial charge >= 0.3 is 6.09 Å². The third-order valence-corrected chi connectivity index (χ3v) is 5.67. The van der Waals surface area contributed by atoms with E-state index in [9.17, 15) is 19.7 Å². The summed E-state index contributed by atoms with van der Waals surface area (Å²) in [6, 6.07) is 12.9. The highest BCUT2D eigenvalue weighted by atomic mass is 16.6. The van der Waals surface area contributed by atoms with Crippen molar-refractivity contribution in [2.24, 2.45) is 0 Å². The molecule has 1 aliphatic rings. The summed E-state index contributed by atoms with van der Waals surface area (Å²) < 4.78 is 17.0. The number of aromatic nitrogens is 2. The molecule has 1 amide bonds. The number of benzene rings is 2. The minimum absolute atomic E-state index is 0.0408. The number of ether oxygens (including phenoxy) is 3. The number of carbonyl (C=O) groups excluding carboxylic acids is 1. The molecule has 12 heteroatoms. The number of morpholine rings is 1. The van der Waals surface area contributed by atoms with E-state index in [0.717, 1.165) is 4.68 Å². The van der Waals surface area contributed by atoms with Crippen molar-refractivity contribution in [1.82, 2.24) is 9.78 Å². The maximum absolute atomic E-state index is 13.6. The lowest BCUT2D eigenvalue weighted by molar-refractivity contribution is -0.384. The highest BCUT2D eigenvalue weighted by Gasteiger charge is 2.24. The van der Waals surface area contributed by atoms with Crippen LogP contribution in [0.15, 0.2) is 53.3 Å². The fraction of sp³-hybridized carbons (Fsp3) is 0.346. The summed E-state index contributed by atoms with van der Waals surface area (Å²) in [4.78, 5) is 39.6. The van der Waals surface area contributed by atoms with Crippen molar-refractivity contribution in [2.45, 2.75) is 26.4 Å². The zero-order valence-electron chi connectivity index (χ0n) is 21.6. The molecular formula is C26H29N5O7. The number of nitro benzene ring substituents is 1. The van der Waals surface area contributed by atoms with Crippen molar-refractivity contribution in [3.63, 3.8) is 0 Å². The standard InChI is InChI=1S/C26H29N5O7/c1-26(2,3)38-25(33)27-21-16-20(17-6-5-7-19(14-17)36-4)28-30(24(21)32)23-15-18(8-9-22(23)31(34)35)29-10-12-37-13-11-29/h5-9,14-16H,10-13H2,1-4H3,(H,27,33). The van der Waals surface area contributed by atoms with Gasteiger partial charge in [0.2, 0.25) is 0 Å². The van der Waals surface area contributed by atoms with E-state index in [1.807, 2.05) is 4.90 Å². The number of hydrogen-bond acceptors (Lipinski definition) is 9. The van der Waals surface area contributed by atoms with E-state index in [2.05, 4.69) is 10.4 Å². The molecule has 1 aromatic heterocycles. The first-order valence-electron chi connectivity index (χ1n) is 12.0. The highest BCUT2D eigenvalue weighted by Crippen LogP contribution is 2.30. The molecule has 1 aliphatic heterocycles. The van der Waals surface area contributed by atoms with E-state index in [1.165, 1.54) is 19.2 Å². The summed E-state index contributed by atoms with van der Waals surface area (Å²) in [5.41, 5.74) is -0.558. The lowest BCUT2D eigenvalue weighted by Crippen LogP contribution is -2.36. The van der Waals surface area contributed by atoms with Gasteiger partial charge in [0.15, 0.2) is 0 Å². The van der Waals surface area contributed by atoms with Crippen LogP contribution in [0.25, 0.3) is 16.9 Å². The number of nitrogens with zero attached hydrogens (tertiary/aromatic N) is 4. The molecule has 3 aromatic rings. The Morgan fingerprint density at radius 1 is 1.13 bits per heavy atom. The van der Waals surface area contributed by atoms with Gasteiger partial charge in [-0.3, -0.25) is 20.2 Å². The first-order chi connectivity index (χ1) is 18.1. The van der Waals surface area contributed by atoms with Gasteiger partial charge in [0, 0.05) is 30.4 Å². The van der Waals surface area contributed by atoms with Crippen LogP contribution in [0.3, 0.4) is 0 Å². The van der Waals surface area contributed by atoms with Crippen LogP contribution in [-0.4, -0.2) is 59.8 Å². The van der Waals surface area contributed by atoms with Gasteiger partial charge in [0.25, 0.3) is 11.2 Å². The number of carbonyl (C=O) groups is 1. The van der Waals surface area contributed by atoms with Crippen molar-refractivity contribution in [1.29, 1.82) is 0 Å². The van der Waals surface area contributed by atoms with Gasteiger partial charge in [-0.2, -0.15) is 9.78 Å². The Bertz CT molecular complexity index is 1410. The van der Waals surface area contributed by atoms with E-state index < -0.39 is 22.2 Å². The summed E-state index contributed by atoms with van der Waals surface area (Å²) in [5, 5.41) is 18.9. The molecule has 2 heterocycles. The van der Waals surface area contributed by atoms with Crippen molar-refractivity contribution in [2.75, 3.05) is 43.6 Å². The maximum Gasteiger partial charge on any atom is 0.412 e. The van der Waals surface area contributed by atoms with Crippen molar-refractivity contribution in [3.8, 4) is 22.7 Å². The smallest absolute Gasteiger partial charge is 0.412 e. The first-order valence-corrected chi connectivity index (χ1v) is 12.0. The Labute approximate surface area is 218 Å². The molecular weight excluding hydrogens is 494 g/mol. The largest absolute Gasteiger partial charge is 0.497 e.